The molecule has 4 rings (SSSR count). The SMILES string of the molecule is O=S(=O)(Nc1ccc(Oc2ccc(Cl)cc2)cc1)c1cccc2cnccc12. The number of halogens is 1. The highest BCUT2D eigenvalue weighted by molar-refractivity contribution is 7.93. The van der Waals surface area contributed by atoms with E-state index in [0.29, 0.717) is 27.6 Å². The third-order valence-corrected chi connectivity index (χ3v) is 5.78. The monoisotopic (exact) mass is 410 g/mol. The largest absolute Gasteiger partial charge is 0.457 e. The summed E-state index contributed by atoms with van der Waals surface area (Å²) in [5.41, 5.74) is 0.439. The molecular formula is C21H15ClN2O3S. The fraction of sp³-hybridized carbons (Fsp3) is 0. The predicted octanol–water partition coefficient (Wildman–Crippen LogP) is 5.48. The van der Waals surface area contributed by atoms with Crippen LogP contribution < -0.4 is 9.46 Å². The Hall–Kier alpha value is -3.09. The minimum absolute atomic E-state index is 0.203. The summed E-state index contributed by atoms with van der Waals surface area (Å²) in [7, 11) is -3.75. The van der Waals surface area contributed by atoms with Crippen LogP contribution in [-0.2, 0) is 10.0 Å². The first kappa shape index (κ1) is 18.3. The van der Waals surface area contributed by atoms with Gasteiger partial charge in [0, 0.05) is 33.9 Å². The Morgan fingerprint density at radius 2 is 1.54 bits per heavy atom. The highest BCUT2D eigenvalue weighted by atomic mass is 35.5. The maximum absolute atomic E-state index is 12.8. The van der Waals surface area contributed by atoms with E-state index in [1.807, 2.05) is 6.07 Å². The third kappa shape index (κ3) is 3.93. The number of hydrogen-bond acceptors (Lipinski definition) is 4. The molecule has 1 N–H and O–H groups in total. The van der Waals surface area contributed by atoms with Gasteiger partial charge in [0.25, 0.3) is 10.0 Å². The lowest BCUT2D eigenvalue weighted by atomic mass is 10.2. The van der Waals surface area contributed by atoms with Gasteiger partial charge in [-0.1, -0.05) is 23.7 Å². The number of benzene rings is 3. The van der Waals surface area contributed by atoms with Crippen molar-refractivity contribution in [3.8, 4) is 11.5 Å². The first-order chi connectivity index (χ1) is 13.5. The summed E-state index contributed by atoms with van der Waals surface area (Å²) in [6.45, 7) is 0. The van der Waals surface area contributed by atoms with Crippen molar-refractivity contribution in [1.82, 2.24) is 4.98 Å². The fourth-order valence-corrected chi connectivity index (χ4v) is 4.18. The van der Waals surface area contributed by atoms with Crippen molar-refractivity contribution in [3.63, 3.8) is 0 Å². The summed E-state index contributed by atoms with van der Waals surface area (Å²) in [6.07, 6.45) is 3.21. The molecular weight excluding hydrogens is 396 g/mol. The quantitative estimate of drug-likeness (QED) is 0.473. The summed E-state index contributed by atoms with van der Waals surface area (Å²) in [6, 6.07) is 20.5. The standard InChI is InChI=1S/C21H15ClN2O3S/c22-16-4-8-18(9-5-16)27-19-10-6-17(7-11-19)24-28(25,26)21-3-1-2-15-14-23-13-12-20(15)21/h1-14,24H. The molecule has 0 saturated carbocycles. The second-order valence-electron chi connectivity index (χ2n) is 6.04. The van der Waals surface area contributed by atoms with E-state index in [1.165, 1.54) is 0 Å². The van der Waals surface area contributed by atoms with Crippen LogP contribution in [0, 0.1) is 0 Å². The molecule has 0 fully saturated rings. The van der Waals surface area contributed by atoms with Crippen molar-refractivity contribution in [1.29, 1.82) is 0 Å². The molecule has 1 aromatic heterocycles. The molecule has 0 spiro atoms. The Bertz CT molecular complexity index is 1220. The number of sulfonamides is 1. The summed E-state index contributed by atoms with van der Waals surface area (Å²) < 4.78 is 34.0. The van der Waals surface area contributed by atoms with Crippen molar-refractivity contribution in [2.24, 2.45) is 0 Å². The summed E-state index contributed by atoms with van der Waals surface area (Å²) >= 11 is 5.86. The van der Waals surface area contributed by atoms with E-state index in [4.69, 9.17) is 16.3 Å². The summed E-state index contributed by atoms with van der Waals surface area (Å²) in [4.78, 5) is 4.24. The zero-order chi connectivity index (χ0) is 19.6. The Balaban J connectivity index is 1.55. The van der Waals surface area contributed by atoms with E-state index < -0.39 is 10.0 Å². The number of rotatable bonds is 5. The number of nitrogens with one attached hydrogen (secondary N) is 1. The normalized spacial score (nSPS) is 11.3. The average molecular weight is 411 g/mol. The maximum Gasteiger partial charge on any atom is 0.262 e. The molecule has 0 unspecified atom stereocenters. The van der Waals surface area contributed by atoms with Crippen molar-refractivity contribution >= 4 is 38.1 Å². The minimum atomic E-state index is -3.75. The molecule has 0 aliphatic carbocycles. The lowest BCUT2D eigenvalue weighted by Crippen LogP contribution is -2.13. The predicted molar refractivity (Wildman–Crippen MR) is 111 cm³/mol. The molecule has 0 aliphatic rings. The molecule has 0 saturated heterocycles. The molecule has 0 amide bonds. The highest BCUT2D eigenvalue weighted by Gasteiger charge is 2.17. The maximum atomic E-state index is 12.8. The molecule has 0 bridgehead atoms. The van der Waals surface area contributed by atoms with Crippen LogP contribution in [0.4, 0.5) is 5.69 Å². The molecule has 140 valence electrons. The van der Waals surface area contributed by atoms with Gasteiger partial charge in [-0.3, -0.25) is 9.71 Å². The molecule has 5 nitrogen and oxygen atoms in total. The van der Waals surface area contributed by atoms with E-state index in [0.717, 1.165) is 5.39 Å². The van der Waals surface area contributed by atoms with Crippen molar-refractivity contribution in [2.75, 3.05) is 4.72 Å². The molecule has 3 aromatic carbocycles. The number of fused-ring (bicyclic) bond motifs is 1. The molecule has 0 aliphatic heterocycles. The fourth-order valence-electron chi connectivity index (χ4n) is 2.77. The number of nitrogens with zero attached hydrogens (tertiary/aromatic N) is 1. The van der Waals surface area contributed by atoms with Crippen molar-refractivity contribution < 1.29 is 13.2 Å². The Labute approximate surface area is 167 Å². The molecule has 0 radical (unpaired) electrons. The first-order valence-corrected chi connectivity index (χ1v) is 10.3. The number of hydrogen-bond donors (Lipinski definition) is 1. The Morgan fingerprint density at radius 1 is 0.857 bits per heavy atom. The van der Waals surface area contributed by atoms with E-state index >= 15 is 0 Å². The van der Waals surface area contributed by atoms with Crippen LogP contribution in [0.3, 0.4) is 0 Å². The van der Waals surface area contributed by atoms with Crippen LogP contribution in [-0.4, -0.2) is 13.4 Å². The van der Waals surface area contributed by atoms with Crippen molar-refractivity contribution in [3.05, 3.63) is 90.2 Å². The highest BCUT2D eigenvalue weighted by Crippen LogP contribution is 2.27. The molecule has 1 heterocycles. The van der Waals surface area contributed by atoms with Gasteiger partial charge >= 0.3 is 0 Å². The van der Waals surface area contributed by atoms with Crippen LogP contribution in [0.1, 0.15) is 0 Å². The molecule has 28 heavy (non-hydrogen) atoms. The van der Waals surface area contributed by atoms with Crippen LogP contribution in [0.15, 0.2) is 90.1 Å². The van der Waals surface area contributed by atoms with Crippen LogP contribution in [0.25, 0.3) is 10.8 Å². The van der Waals surface area contributed by atoms with E-state index in [2.05, 4.69) is 9.71 Å². The topological polar surface area (TPSA) is 68.3 Å². The molecule has 4 aromatic rings. The van der Waals surface area contributed by atoms with Gasteiger partial charge in [-0.2, -0.15) is 0 Å². The van der Waals surface area contributed by atoms with Gasteiger partial charge < -0.3 is 4.74 Å². The van der Waals surface area contributed by atoms with E-state index in [1.54, 1.807) is 79.1 Å². The van der Waals surface area contributed by atoms with Crippen LogP contribution in [0.2, 0.25) is 5.02 Å². The number of pyridine rings is 1. The first-order valence-electron chi connectivity index (χ1n) is 8.40. The zero-order valence-corrected chi connectivity index (χ0v) is 16.1. The summed E-state index contributed by atoms with van der Waals surface area (Å²) in [5, 5.41) is 2.01. The minimum Gasteiger partial charge on any atom is -0.457 e. The number of aromatic nitrogens is 1. The van der Waals surface area contributed by atoms with Gasteiger partial charge in [0.1, 0.15) is 11.5 Å². The van der Waals surface area contributed by atoms with Gasteiger partial charge in [0.05, 0.1) is 4.90 Å². The van der Waals surface area contributed by atoms with Gasteiger partial charge in [0.2, 0.25) is 0 Å². The average Bonchev–Trinajstić information content (AvgIpc) is 2.70. The third-order valence-electron chi connectivity index (χ3n) is 4.09. The van der Waals surface area contributed by atoms with Gasteiger partial charge in [-0.15, -0.1) is 0 Å². The van der Waals surface area contributed by atoms with Crippen molar-refractivity contribution in [2.45, 2.75) is 4.90 Å². The van der Waals surface area contributed by atoms with Crippen LogP contribution >= 0.6 is 11.6 Å². The smallest absolute Gasteiger partial charge is 0.262 e. The van der Waals surface area contributed by atoms with E-state index in [9.17, 15) is 8.42 Å². The Morgan fingerprint density at radius 3 is 2.25 bits per heavy atom. The second kappa shape index (κ2) is 7.50. The zero-order valence-electron chi connectivity index (χ0n) is 14.5. The lowest BCUT2D eigenvalue weighted by molar-refractivity contribution is 0.483. The number of ether oxygens (including phenoxy) is 1. The van der Waals surface area contributed by atoms with Crippen LogP contribution in [0.5, 0.6) is 11.5 Å². The number of anilines is 1. The Kier molecular flexibility index (Phi) is 4.90. The molecule has 0 atom stereocenters. The second-order valence-corrected chi connectivity index (χ2v) is 8.13. The molecule has 7 heteroatoms. The van der Waals surface area contributed by atoms with E-state index in [-0.39, 0.29) is 4.90 Å². The summed E-state index contributed by atoms with van der Waals surface area (Å²) in [5.74, 6) is 1.23. The van der Waals surface area contributed by atoms with Gasteiger partial charge in [-0.25, -0.2) is 8.42 Å². The lowest BCUT2D eigenvalue weighted by Gasteiger charge is -2.11. The van der Waals surface area contributed by atoms with Gasteiger partial charge in [0.15, 0.2) is 0 Å². The van der Waals surface area contributed by atoms with Gasteiger partial charge in [-0.05, 0) is 60.7 Å².